The molecular formula is C20H14N4O16S8. The highest BCUT2D eigenvalue weighted by atomic mass is 33.8. The number of nitrogens with zero attached hydrogens (tertiary/aromatic N) is 2. The second kappa shape index (κ2) is 10.9. The van der Waals surface area contributed by atoms with Crippen LogP contribution in [-0.4, -0.2) is 87.3 Å². The van der Waals surface area contributed by atoms with Crippen LogP contribution in [0.5, 0.6) is 0 Å². The van der Waals surface area contributed by atoms with E-state index in [-0.39, 0.29) is 34.2 Å². The van der Waals surface area contributed by atoms with Gasteiger partial charge in [0, 0.05) is 0 Å². The predicted octanol–water partition coefficient (Wildman–Crippen LogP) is -0.916. The molecule has 258 valence electrons. The molecule has 3 aromatic carbocycles. The van der Waals surface area contributed by atoms with Gasteiger partial charge < -0.3 is 9.97 Å². The van der Waals surface area contributed by atoms with Crippen molar-refractivity contribution in [3.63, 3.8) is 0 Å². The molecule has 0 saturated carbocycles. The summed E-state index contributed by atoms with van der Waals surface area (Å²) in [7, 11) is -55.0. The lowest BCUT2D eigenvalue weighted by Crippen LogP contribution is -2.34. The lowest BCUT2D eigenvalue weighted by Gasteiger charge is -2.12. The quantitative estimate of drug-likeness (QED) is 0.161. The van der Waals surface area contributed by atoms with Gasteiger partial charge in [0.15, 0.2) is 0 Å². The van der Waals surface area contributed by atoms with Crippen molar-refractivity contribution in [2.45, 2.75) is 20.1 Å². The highest BCUT2D eigenvalue weighted by molar-refractivity contribution is 9.16. The molecule has 0 spiro atoms. The fourth-order valence-corrected chi connectivity index (χ4v) is 33.2. The van der Waals surface area contributed by atoms with Gasteiger partial charge in [-0.3, -0.25) is 0 Å². The minimum Gasteiger partial charge on any atom is -0.328 e. The summed E-state index contributed by atoms with van der Waals surface area (Å²) in [5, 5.41) is -3.15. The molecule has 0 saturated heterocycles. The van der Waals surface area contributed by atoms with Crippen LogP contribution in [0.1, 0.15) is 0 Å². The summed E-state index contributed by atoms with van der Waals surface area (Å²) in [6.45, 7) is 0. The zero-order valence-electron chi connectivity index (χ0n) is 22.6. The van der Waals surface area contributed by atoms with E-state index in [2.05, 4.69) is 9.97 Å². The maximum absolute atomic E-state index is 13.3. The first-order valence-electron chi connectivity index (χ1n) is 11.9. The van der Waals surface area contributed by atoms with Gasteiger partial charge in [0.2, 0.25) is 10.3 Å². The first-order valence-corrected chi connectivity index (χ1v) is 26.8. The molecular weight excluding hydrogens is 809 g/mol. The zero-order chi connectivity index (χ0) is 35.9. The maximum atomic E-state index is 13.3. The topological polar surface area (TPSA) is 330 Å². The van der Waals surface area contributed by atoms with Gasteiger partial charge in [-0.05, 0) is 36.4 Å². The summed E-state index contributed by atoms with van der Waals surface area (Å²) in [5.74, 6) is 0. The second-order valence-electron chi connectivity index (χ2n) is 9.01. The van der Waals surface area contributed by atoms with Crippen molar-refractivity contribution < 1.29 is 67.3 Å². The third kappa shape index (κ3) is 4.72. The predicted molar refractivity (Wildman–Crippen MR) is 163 cm³/mol. The van der Waals surface area contributed by atoms with E-state index in [0.29, 0.717) is 12.1 Å². The maximum Gasteiger partial charge on any atom is 0.379 e. The molecule has 2 aromatic heterocycles. The fraction of sp³-hybridized carbons (Fsp3) is 0. The van der Waals surface area contributed by atoms with Gasteiger partial charge in [0.25, 0.3) is 17.7 Å². The Bertz CT molecular complexity index is 2830. The number of fused-ring (bicyclic) bond motifs is 2. The van der Waals surface area contributed by atoms with Crippen LogP contribution in [-0.2, 0) is 67.1 Å². The summed E-state index contributed by atoms with van der Waals surface area (Å²) in [5.41, 5.74) is -0.724. The van der Waals surface area contributed by atoms with Crippen molar-refractivity contribution in [2.75, 3.05) is 0 Å². The van der Waals surface area contributed by atoms with E-state index >= 15 is 0 Å². The third-order valence-corrected chi connectivity index (χ3v) is 38.5. The molecule has 0 bridgehead atoms. The average molecular weight is 823 g/mol. The van der Waals surface area contributed by atoms with Crippen molar-refractivity contribution in [3.05, 3.63) is 72.8 Å². The van der Waals surface area contributed by atoms with Crippen LogP contribution in [0, 0.1) is 0 Å². The SMILES string of the molecule is O=S(=O)(c1nc2ccccc2[nH]1)S(=O)(=O)S(=O)(=O)S(=O)(=O)c1ccccc1S(=O)(=O)S(=O)(=O)S(=O)(=O)S(=O)(=O)c1nc2ccccc2[nH]1. The monoisotopic (exact) mass is 822 g/mol. The van der Waals surface area contributed by atoms with E-state index in [4.69, 9.17) is 0 Å². The number of benzene rings is 3. The Hall–Kier alpha value is -3.80. The molecule has 0 aliphatic rings. The minimum atomic E-state index is -7.23. The zero-order valence-corrected chi connectivity index (χ0v) is 29.2. The fourth-order valence-electron chi connectivity index (χ4n) is 3.81. The van der Waals surface area contributed by atoms with Crippen LogP contribution in [0.3, 0.4) is 0 Å². The van der Waals surface area contributed by atoms with Crippen molar-refractivity contribution in [1.29, 1.82) is 0 Å². The Morgan fingerprint density at radius 1 is 0.354 bits per heavy atom. The molecule has 2 N–H and O–H groups in total. The molecule has 28 heteroatoms. The largest absolute Gasteiger partial charge is 0.379 e. The Morgan fingerprint density at radius 3 is 0.938 bits per heavy atom. The molecule has 0 radical (unpaired) electrons. The Balaban J connectivity index is 1.66. The van der Waals surface area contributed by atoms with E-state index in [1.54, 1.807) is 0 Å². The number of hydrogen-bond donors (Lipinski definition) is 2. The lowest BCUT2D eigenvalue weighted by atomic mass is 10.3. The number of imidazole rings is 2. The molecule has 0 aliphatic heterocycles. The molecule has 5 aromatic rings. The molecule has 0 aliphatic carbocycles. The van der Waals surface area contributed by atoms with E-state index in [1.165, 1.54) is 36.4 Å². The smallest absolute Gasteiger partial charge is 0.328 e. The molecule has 0 amide bonds. The van der Waals surface area contributed by atoms with E-state index in [9.17, 15) is 67.3 Å². The number of hydrogen-bond acceptors (Lipinski definition) is 18. The molecule has 0 atom stereocenters. The minimum absolute atomic E-state index is 0.0149. The van der Waals surface area contributed by atoms with Crippen LogP contribution in [0.15, 0.2) is 92.9 Å². The summed E-state index contributed by atoms with van der Waals surface area (Å²) in [4.78, 5) is 6.22. The number of aromatic nitrogens is 4. The van der Waals surface area contributed by atoms with Crippen molar-refractivity contribution in [2.24, 2.45) is 0 Å². The van der Waals surface area contributed by atoms with Crippen molar-refractivity contribution in [1.82, 2.24) is 19.9 Å². The first-order chi connectivity index (χ1) is 21.9. The lowest BCUT2D eigenvalue weighted by molar-refractivity contribution is 0.570. The van der Waals surface area contributed by atoms with Crippen molar-refractivity contribution in [3.8, 4) is 0 Å². The summed E-state index contributed by atoms with van der Waals surface area (Å²) >= 11 is 0. The Morgan fingerprint density at radius 2 is 0.625 bits per heavy atom. The summed E-state index contributed by atoms with van der Waals surface area (Å²) in [6, 6.07) is 11.0. The Labute approximate surface area is 267 Å². The highest BCUT2D eigenvalue weighted by Gasteiger charge is 2.58. The average Bonchev–Trinajstić information content (AvgIpc) is 3.66. The van der Waals surface area contributed by atoms with Crippen LogP contribution in [0.4, 0.5) is 0 Å². The third-order valence-electron chi connectivity index (χ3n) is 6.17. The van der Waals surface area contributed by atoms with Crippen LogP contribution >= 0.6 is 0 Å². The van der Waals surface area contributed by atoms with E-state index < -0.39 is 87.2 Å². The first kappa shape index (κ1) is 35.5. The van der Waals surface area contributed by atoms with Gasteiger partial charge in [0.05, 0.1) is 22.1 Å². The van der Waals surface area contributed by atoms with Crippen molar-refractivity contribution >= 4 is 89.1 Å². The van der Waals surface area contributed by atoms with Gasteiger partial charge in [-0.1, -0.05) is 36.4 Å². The van der Waals surface area contributed by atoms with Gasteiger partial charge in [-0.25, -0.2) is 43.6 Å². The van der Waals surface area contributed by atoms with Gasteiger partial charge in [0.1, 0.15) is 9.79 Å². The molecule has 20 nitrogen and oxygen atoms in total. The highest BCUT2D eigenvalue weighted by Crippen LogP contribution is 2.36. The number of nitrogens with one attached hydrogen (secondary N) is 2. The summed E-state index contributed by atoms with van der Waals surface area (Å²) in [6.07, 6.45) is 0. The van der Waals surface area contributed by atoms with Gasteiger partial charge in [-0.2, -0.15) is 33.7 Å². The normalized spacial score (nSPS) is 14.3. The van der Waals surface area contributed by atoms with Gasteiger partial charge in [-0.15, -0.1) is 0 Å². The van der Waals surface area contributed by atoms with Crippen LogP contribution in [0.2, 0.25) is 0 Å². The molecule has 0 unspecified atom stereocenters. The number of H-pyrrole nitrogens is 2. The molecule has 5 rings (SSSR count). The standard InChI is InChI=1S/C20H14N4O16S8/c25-41(26,45(33,34)47(37,38)43(29,30)19-21-13-7-1-2-8-14(13)22-19)17-11-5-6-12-18(17)42(27,28)46(35,36)48(39,40)44(31,32)20-23-15-9-3-4-10-16(15)24-20/h1-12H,(H,21,22)(H,23,24). The van der Waals surface area contributed by atoms with Gasteiger partial charge >= 0.3 is 49.3 Å². The number of para-hydroxylation sites is 4. The molecule has 0 fully saturated rings. The molecule has 2 heterocycles. The van der Waals surface area contributed by atoms with E-state index in [0.717, 1.165) is 12.1 Å². The molecule has 48 heavy (non-hydrogen) atoms. The van der Waals surface area contributed by atoms with E-state index in [1.807, 2.05) is 9.97 Å². The summed E-state index contributed by atoms with van der Waals surface area (Å²) < 4.78 is 209. The Kier molecular flexibility index (Phi) is 8.03. The van der Waals surface area contributed by atoms with Crippen LogP contribution < -0.4 is 0 Å². The van der Waals surface area contributed by atoms with Crippen LogP contribution in [0.25, 0.3) is 22.1 Å². The number of aromatic amines is 2. The number of rotatable bonds is 10. The second-order valence-corrected chi connectivity index (χ2v) is 35.9.